The number of carbonyl (C=O) groups is 1. The van der Waals surface area contributed by atoms with E-state index >= 15 is 0 Å². The van der Waals surface area contributed by atoms with Crippen molar-refractivity contribution in [3.05, 3.63) is 23.8 Å². The van der Waals surface area contributed by atoms with E-state index in [9.17, 15) is 13.2 Å². The van der Waals surface area contributed by atoms with Crippen LogP contribution in [0, 0.1) is 6.92 Å². The van der Waals surface area contributed by atoms with Gasteiger partial charge in [-0.2, -0.15) is 4.72 Å². The number of nitrogens with zero attached hydrogens (tertiary/aromatic N) is 1. The lowest BCUT2D eigenvalue weighted by Crippen LogP contribution is -2.45. The molecule has 0 saturated carbocycles. The summed E-state index contributed by atoms with van der Waals surface area (Å²) >= 11 is 0. The summed E-state index contributed by atoms with van der Waals surface area (Å²) in [7, 11) is -3.80. The van der Waals surface area contributed by atoms with Gasteiger partial charge < -0.3 is 10.6 Å². The first kappa shape index (κ1) is 15.8. The molecule has 0 bridgehead atoms. The molecule has 2 rings (SSSR count). The first-order valence-electron chi connectivity index (χ1n) is 6.98. The Kier molecular flexibility index (Phi) is 4.53. The average Bonchev–Trinajstić information content (AvgIpc) is 2.90. The highest BCUT2D eigenvalue weighted by Crippen LogP contribution is 2.20. The van der Waals surface area contributed by atoms with Crippen LogP contribution in [0.1, 0.15) is 25.3 Å². The van der Waals surface area contributed by atoms with Crippen LogP contribution in [0.2, 0.25) is 0 Å². The van der Waals surface area contributed by atoms with Crippen LogP contribution in [-0.4, -0.2) is 38.4 Å². The van der Waals surface area contributed by atoms with E-state index in [1.807, 2.05) is 6.92 Å². The number of likely N-dealkylation sites (tertiary alicyclic amines) is 1. The number of sulfonamides is 1. The molecule has 116 valence electrons. The van der Waals surface area contributed by atoms with E-state index in [2.05, 4.69) is 4.72 Å². The third-order valence-corrected chi connectivity index (χ3v) is 5.19. The number of nitrogens with two attached hydrogens (primary N) is 1. The molecule has 0 aromatic heterocycles. The zero-order valence-corrected chi connectivity index (χ0v) is 13.1. The lowest BCUT2D eigenvalue weighted by atomic mass is 10.2. The molecule has 0 aliphatic carbocycles. The van der Waals surface area contributed by atoms with Crippen molar-refractivity contribution in [1.82, 2.24) is 9.62 Å². The summed E-state index contributed by atoms with van der Waals surface area (Å²) in [6.45, 7) is 4.78. The lowest BCUT2D eigenvalue weighted by molar-refractivity contribution is -0.131. The normalized spacial score (nSPS) is 17.0. The van der Waals surface area contributed by atoms with Crippen molar-refractivity contribution in [1.29, 1.82) is 0 Å². The van der Waals surface area contributed by atoms with Gasteiger partial charge in [-0.3, -0.25) is 4.79 Å². The molecule has 1 amide bonds. The topological polar surface area (TPSA) is 92.5 Å². The van der Waals surface area contributed by atoms with Gasteiger partial charge in [0.1, 0.15) is 4.90 Å². The Bertz CT molecular complexity index is 637. The van der Waals surface area contributed by atoms with Gasteiger partial charge in [-0.05, 0) is 44.4 Å². The van der Waals surface area contributed by atoms with Gasteiger partial charge in [0, 0.05) is 13.1 Å². The molecule has 1 atom stereocenters. The summed E-state index contributed by atoms with van der Waals surface area (Å²) in [5.74, 6) is -0.193. The van der Waals surface area contributed by atoms with E-state index in [0.29, 0.717) is 13.1 Å². The summed E-state index contributed by atoms with van der Waals surface area (Å²) in [6, 6.07) is 3.94. The van der Waals surface area contributed by atoms with Crippen molar-refractivity contribution < 1.29 is 13.2 Å². The fourth-order valence-corrected chi connectivity index (χ4v) is 3.78. The van der Waals surface area contributed by atoms with Gasteiger partial charge in [-0.15, -0.1) is 0 Å². The van der Waals surface area contributed by atoms with Crippen molar-refractivity contribution in [2.45, 2.75) is 37.6 Å². The number of amides is 1. The van der Waals surface area contributed by atoms with Gasteiger partial charge in [-0.1, -0.05) is 6.07 Å². The van der Waals surface area contributed by atoms with Crippen LogP contribution < -0.4 is 10.5 Å². The van der Waals surface area contributed by atoms with Gasteiger partial charge in [0.05, 0.1) is 11.7 Å². The van der Waals surface area contributed by atoms with E-state index in [0.717, 1.165) is 18.4 Å². The number of hydrogen-bond acceptors (Lipinski definition) is 4. The molecule has 6 nitrogen and oxygen atoms in total. The highest BCUT2D eigenvalue weighted by atomic mass is 32.2. The lowest BCUT2D eigenvalue weighted by Gasteiger charge is -2.21. The number of rotatable bonds is 4. The van der Waals surface area contributed by atoms with E-state index in [1.165, 1.54) is 6.07 Å². The van der Waals surface area contributed by atoms with Crippen molar-refractivity contribution >= 4 is 21.6 Å². The number of carbonyl (C=O) groups excluding carboxylic acids is 1. The molecule has 1 fully saturated rings. The maximum atomic E-state index is 12.3. The predicted octanol–water partition coefficient (Wildman–Crippen LogP) is 0.866. The molecule has 1 saturated heterocycles. The van der Waals surface area contributed by atoms with Crippen LogP contribution >= 0.6 is 0 Å². The minimum atomic E-state index is -3.80. The monoisotopic (exact) mass is 311 g/mol. The second kappa shape index (κ2) is 6.03. The van der Waals surface area contributed by atoms with Gasteiger partial charge >= 0.3 is 0 Å². The second-order valence-electron chi connectivity index (χ2n) is 5.42. The molecule has 0 spiro atoms. The third kappa shape index (κ3) is 3.54. The zero-order chi connectivity index (χ0) is 15.6. The maximum absolute atomic E-state index is 12.3. The summed E-state index contributed by atoms with van der Waals surface area (Å²) < 4.78 is 27.1. The fourth-order valence-electron chi connectivity index (χ4n) is 2.47. The Morgan fingerprint density at radius 3 is 2.52 bits per heavy atom. The first-order valence-corrected chi connectivity index (χ1v) is 8.47. The number of nitrogens with one attached hydrogen (secondary N) is 1. The molecule has 3 N–H and O–H groups in total. The molecule has 21 heavy (non-hydrogen) atoms. The zero-order valence-electron chi connectivity index (χ0n) is 12.3. The van der Waals surface area contributed by atoms with Crippen LogP contribution in [-0.2, 0) is 14.8 Å². The summed E-state index contributed by atoms with van der Waals surface area (Å²) in [5.41, 5.74) is 6.83. The number of benzene rings is 1. The van der Waals surface area contributed by atoms with Gasteiger partial charge in [0.2, 0.25) is 15.9 Å². The van der Waals surface area contributed by atoms with Crippen LogP contribution in [0.25, 0.3) is 0 Å². The molecule has 1 heterocycles. The quantitative estimate of drug-likeness (QED) is 0.807. The van der Waals surface area contributed by atoms with E-state index < -0.39 is 16.1 Å². The highest BCUT2D eigenvalue weighted by Gasteiger charge is 2.28. The number of anilines is 1. The van der Waals surface area contributed by atoms with E-state index in [-0.39, 0.29) is 16.5 Å². The van der Waals surface area contributed by atoms with Crippen LogP contribution in [0.15, 0.2) is 23.1 Å². The highest BCUT2D eigenvalue weighted by molar-refractivity contribution is 7.89. The second-order valence-corrected chi connectivity index (χ2v) is 7.10. The summed E-state index contributed by atoms with van der Waals surface area (Å²) in [4.78, 5) is 13.9. The minimum Gasteiger partial charge on any atom is -0.398 e. The Hall–Kier alpha value is -1.60. The molecular weight excluding hydrogens is 290 g/mol. The molecular formula is C14H21N3O3S. The molecule has 0 radical (unpaired) electrons. The predicted molar refractivity (Wildman–Crippen MR) is 81.2 cm³/mol. The SMILES string of the molecule is Cc1ccc(S(=O)(=O)NC(C)C(=O)N2CCCC2)c(N)c1. The molecule has 7 heteroatoms. The Morgan fingerprint density at radius 1 is 1.33 bits per heavy atom. The summed E-state index contributed by atoms with van der Waals surface area (Å²) in [5, 5.41) is 0. The standard InChI is InChI=1S/C14H21N3O3S/c1-10-5-6-13(12(15)9-10)21(19,20)16-11(2)14(18)17-7-3-4-8-17/h5-6,9,11,16H,3-4,7-8,15H2,1-2H3. The maximum Gasteiger partial charge on any atom is 0.243 e. The average molecular weight is 311 g/mol. The summed E-state index contributed by atoms with van der Waals surface area (Å²) in [6.07, 6.45) is 1.94. The van der Waals surface area contributed by atoms with Crippen LogP contribution in [0.3, 0.4) is 0 Å². The van der Waals surface area contributed by atoms with Crippen molar-refractivity contribution in [2.75, 3.05) is 18.8 Å². The largest absolute Gasteiger partial charge is 0.398 e. The Morgan fingerprint density at radius 2 is 1.95 bits per heavy atom. The Balaban J connectivity index is 2.14. The fraction of sp³-hybridized carbons (Fsp3) is 0.500. The smallest absolute Gasteiger partial charge is 0.243 e. The molecule has 1 aromatic rings. The number of hydrogen-bond donors (Lipinski definition) is 2. The van der Waals surface area contributed by atoms with Gasteiger partial charge in [-0.25, -0.2) is 8.42 Å². The third-order valence-electron chi connectivity index (χ3n) is 3.57. The van der Waals surface area contributed by atoms with Crippen molar-refractivity contribution in [2.24, 2.45) is 0 Å². The molecule has 1 aliphatic heterocycles. The van der Waals surface area contributed by atoms with E-state index in [1.54, 1.807) is 24.0 Å². The van der Waals surface area contributed by atoms with Crippen LogP contribution in [0.5, 0.6) is 0 Å². The van der Waals surface area contributed by atoms with Gasteiger partial charge in [0.25, 0.3) is 0 Å². The molecule has 1 unspecified atom stereocenters. The number of nitrogen functional groups attached to an aromatic ring is 1. The molecule has 1 aliphatic rings. The van der Waals surface area contributed by atoms with Crippen molar-refractivity contribution in [3.63, 3.8) is 0 Å². The Labute approximate surface area is 125 Å². The van der Waals surface area contributed by atoms with Crippen LogP contribution in [0.4, 0.5) is 5.69 Å². The number of aryl methyl sites for hydroxylation is 1. The van der Waals surface area contributed by atoms with E-state index in [4.69, 9.17) is 5.73 Å². The minimum absolute atomic E-state index is 0.00849. The van der Waals surface area contributed by atoms with Gasteiger partial charge in [0.15, 0.2) is 0 Å². The molecule has 1 aromatic carbocycles. The van der Waals surface area contributed by atoms with Crippen molar-refractivity contribution in [3.8, 4) is 0 Å². The first-order chi connectivity index (χ1) is 9.81.